The molecule has 2 N–H and O–H groups in total. The predicted molar refractivity (Wildman–Crippen MR) is 147 cm³/mol. The average Bonchev–Trinajstić information content (AvgIpc) is 2.90. The second-order valence-corrected chi connectivity index (χ2v) is 8.50. The van der Waals surface area contributed by atoms with Crippen LogP contribution < -0.4 is 28.6 Å². The summed E-state index contributed by atoms with van der Waals surface area (Å²) in [5.41, 5.74) is 2.42. The SMILES string of the molecule is COc1cc(/C=C(\C)C(=O)CC(=O)/C(C)=C/c2ccc(OCCNCl)c(OC)c2)ccc1OCCNCl. The van der Waals surface area contributed by atoms with Gasteiger partial charge in [-0.3, -0.25) is 9.59 Å². The van der Waals surface area contributed by atoms with Crippen LogP contribution in [0.2, 0.25) is 0 Å². The third-order valence-corrected chi connectivity index (χ3v) is 5.63. The smallest absolute Gasteiger partial charge is 0.166 e. The van der Waals surface area contributed by atoms with Gasteiger partial charge in [0, 0.05) is 13.1 Å². The molecule has 10 heteroatoms. The highest BCUT2D eigenvalue weighted by molar-refractivity contribution is 6.15. The molecule has 2 aromatic carbocycles. The van der Waals surface area contributed by atoms with Crippen LogP contribution in [-0.4, -0.2) is 52.1 Å². The Bertz CT molecular complexity index is 1050. The Morgan fingerprint density at radius 1 is 0.730 bits per heavy atom. The van der Waals surface area contributed by atoms with E-state index in [4.69, 9.17) is 42.5 Å². The van der Waals surface area contributed by atoms with Gasteiger partial charge in [0.05, 0.1) is 20.6 Å². The third kappa shape index (κ3) is 9.74. The summed E-state index contributed by atoms with van der Waals surface area (Å²) in [7, 11) is 3.08. The zero-order chi connectivity index (χ0) is 27.2. The molecule has 0 saturated heterocycles. The maximum absolute atomic E-state index is 12.7. The van der Waals surface area contributed by atoms with E-state index in [9.17, 15) is 9.59 Å². The number of carbonyl (C=O) groups is 2. The molecule has 8 nitrogen and oxygen atoms in total. The van der Waals surface area contributed by atoms with Gasteiger partial charge in [0.15, 0.2) is 34.6 Å². The molecule has 37 heavy (non-hydrogen) atoms. The molecule has 0 aliphatic carbocycles. The number of Topliss-reactive ketones (excluding diaryl/α,β-unsaturated/α-hetero) is 2. The number of rotatable bonds is 16. The van der Waals surface area contributed by atoms with E-state index in [2.05, 4.69) is 9.67 Å². The summed E-state index contributed by atoms with van der Waals surface area (Å²) in [6.45, 7) is 5.06. The summed E-state index contributed by atoms with van der Waals surface area (Å²) in [5.74, 6) is 1.66. The largest absolute Gasteiger partial charge is 0.493 e. The Balaban J connectivity index is 2.07. The fourth-order valence-electron chi connectivity index (χ4n) is 3.27. The van der Waals surface area contributed by atoms with Gasteiger partial charge in [-0.1, -0.05) is 12.1 Å². The van der Waals surface area contributed by atoms with Gasteiger partial charge in [-0.15, -0.1) is 0 Å². The van der Waals surface area contributed by atoms with Crippen molar-refractivity contribution in [1.82, 2.24) is 9.67 Å². The summed E-state index contributed by atoms with van der Waals surface area (Å²) >= 11 is 10.9. The topological polar surface area (TPSA) is 95.1 Å². The summed E-state index contributed by atoms with van der Waals surface area (Å²) in [6.07, 6.45) is 3.19. The van der Waals surface area contributed by atoms with Gasteiger partial charge in [-0.05, 0) is 96.1 Å². The van der Waals surface area contributed by atoms with E-state index in [1.807, 2.05) is 12.1 Å². The Kier molecular flexibility index (Phi) is 13.0. The summed E-state index contributed by atoms with van der Waals surface area (Å²) in [5, 5.41) is 0. The molecule has 0 radical (unpaired) electrons. The Morgan fingerprint density at radius 3 is 1.49 bits per heavy atom. The molecule has 0 heterocycles. The van der Waals surface area contributed by atoms with Gasteiger partial charge in [-0.25, -0.2) is 9.67 Å². The van der Waals surface area contributed by atoms with Gasteiger partial charge >= 0.3 is 0 Å². The Morgan fingerprint density at radius 2 is 1.14 bits per heavy atom. The average molecular weight is 551 g/mol. The van der Waals surface area contributed by atoms with E-state index in [1.54, 1.807) is 50.3 Å². The van der Waals surface area contributed by atoms with E-state index < -0.39 is 0 Å². The lowest BCUT2D eigenvalue weighted by Gasteiger charge is -2.11. The lowest BCUT2D eigenvalue weighted by molar-refractivity contribution is -0.122. The van der Waals surface area contributed by atoms with E-state index in [-0.39, 0.29) is 18.0 Å². The molecule has 0 spiro atoms. The highest BCUT2D eigenvalue weighted by Crippen LogP contribution is 2.30. The highest BCUT2D eigenvalue weighted by atomic mass is 35.5. The van der Waals surface area contributed by atoms with Crippen molar-refractivity contribution in [1.29, 1.82) is 0 Å². The molecular formula is C27H32Cl2N2O6. The molecule has 0 saturated carbocycles. The van der Waals surface area contributed by atoms with E-state index in [0.29, 0.717) is 60.4 Å². The van der Waals surface area contributed by atoms with E-state index >= 15 is 0 Å². The second-order valence-electron chi connectivity index (χ2n) is 7.96. The van der Waals surface area contributed by atoms with Crippen molar-refractivity contribution in [2.75, 3.05) is 40.5 Å². The van der Waals surface area contributed by atoms with E-state index in [1.165, 1.54) is 14.2 Å². The number of nitrogens with one attached hydrogen (secondary N) is 2. The third-order valence-electron chi connectivity index (χ3n) is 5.25. The summed E-state index contributed by atoms with van der Waals surface area (Å²) in [6, 6.07) is 10.7. The van der Waals surface area contributed by atoms with Gasteiger partial charge in [0.1, 0.15) is 13.2 Å². The van der Waals surface area contributed by atoms with Crippen LogP contribution in [0.3, 0.4) is 0 Å². The molecule has 0 fully saturated rings. The van der Waals surface area contributed by atoms with Crippen LogP contribution in [0.5, 0.6) is 23.0 Å². The summed E-state index contributed by atoms with van der Waals surface area (Å²) in [4.78, 5) is 30.5. The maximum Gasteiger partial charge on any atom is 0.166 e. The minimum atomic E-state index is -0.264. The number of carbonyl (C=O) groups excluding carboxylic acids is 2. The number of ether oxygens (including phenoxy) is 4. The van der Waals surface area contributed by atoms with Crippen molar-refractivity contribution in [2.24, 2.45) is 0 Å². The van der Waals surface area contributed by atoms with Crippen LogP contribution in [0.1, 0.15) is 31.4 Å². The molecule has 0 bridgehead atoms. The predicted octanol–water partition coefficient (Wildman–Crippen LogP) is 4.98. The molecule has 0 aromatic heterocycles. The molecular weight excluding hydrogens is 519 g/mol. The number of methoxy groups -OCH3 is 2. The molecule has 200 valence electrons. The van der Waals surface area contributed by atoms with Crippen LogP contribution >= 0.6 is 23.6 Å². The molecule has 2 rings (SSSR count). The van der Waals surface area contributed by atoms with Gasteiger partial charge < -0.3 is 18.9 Å². The standard InChI is InChI=1S/C27H32Cl2N2O6/c1-18(13-20-5-7-24(26(15-20)34-3)36-11-9-30-28)22(32)17-23(33)19(2)14-21-6-8-25(27(16-21)35-4)37-12-10-31-29/h5-8,13-16,30-31H,9-12,17H2,1-4H3/b18-13+,19-14+. The first-order chi connectivity index (χ1) is 17.8. The monoisotopic (exact) mass is 550 g/mol. The number of halogens is 2. The zero-order valence-electron chi connectivity index (χ0n) is 21.4. The van der Waals surface area contributed by atoms with Crippen molar-refractivity contribution in [2.45, 2.75) is 20.3 Å². The number of ketones is 2. The summed E-state index contributed by atoms with van der Waals surface area (Å²) < 4.78 is 22.0. The molecule has 0 unspecified atom stereocenters. The van der Waals surface area contributed by atoms with Crippen molar-refractivity contribution < 1.29 is 28.5 Å². The van der Waals surface area contributed by atoms with Gasteiger partial charge in [0.25, 0.3) is 0 Å². The zero-order valence-corrected chi connectivity index (χ0v) is 22.9. The first-order valence-electron chi connectivity index (χ1n) is 11.5. The molecule has 0 amide bonds. The first-order valence-corrected chi connectivity index (χ1v) is 12.3. The van der Waals surface area contributed by atoms with Crippen molar-refractivity contribution in [3.05, 3.63) is 58.7 Å². The lowest BCUT2D eigenvalue weighted by atomic mass is 10.00. The maximum atomic E-state index is 12.7. The number of hydrogen-bond donors (Lipinski definition) is 2. The minimum absolute atomic E-state index is 0.238. The Labute approximate surface area is 227 Å². The Hall–Kier alpha value is -3.04. The molecule has 0 atom stereocenters. The molecule has 2 aromatic rings. The van der Waals surface area contributed by atoms with Crippen LogP contribution in [-0.2, 0) is 9.59 Å². The number of benzene rings is 2. The van der Waals surface area contributed by atoms with Crippen molar-refractivity contribution in [3.63, 3.8) is 0 Å². The van der Waals surface area contributed by atoms with Crippen LogP contribution in [0.4, 0.5) is 0 Å². The van der Waals surface area contributed by atoms with Crippen LogP contribution in [0.25, 0.3) is 12.2 Å². The fourth-order valence-corrected chi connectivity index (χ4v) is 3.43. The van der Waals surface area contributed by atoms with Gasteiger partial charge in [-0.2, -0.15) is 0 Å². The van der Waals surface area contributed by atoms with Crippen molar-refractivity contribution in [3.8, 4) is 23.0 Å². The normalized spacial score (nSPS) is 11.7. The van der Waals surface area contributed by atoms with E-state index in [0.717, 1.165) is 11.1 Å². The lowest BCUT2D eigenvalue weighted by Crippen LogP contribution is -2.12. The fraction of sp³-hybridized carbons (Fsp3) is 0.333. The minimum Gasteiger partial charge on any atom is -0.493 e. The van der Waals surface area contributed by atoms with Crippen LogP contribution in [0.15, 0.2) is 47.5 Å². The first kappa shape index (κ1) is 30.2. The second kappa shape index (κ2) is 15.9. The van der Waals surface area contributed by atoms with Gasteiger partial charge in [0.2, 0.25) is 0 Å². The quantitative estimate of drug-likeness (QED) is 0.131. The highest BCUT2D eigenvalue weighted by Gasteiger charge is 2.14. The van der Waals surface area contributed by atoms with Crippen LogP contribution in [0, 0.1) is 0 Å². The number of hydrogen-bond acceptors (Lipinski definition) is 8. The molecule has 0 aliphatic rings. The van der Waals surface area contributed by atoms with Crippen molar-refractivity contribution >= 4 is 47.3 Å². The molecule has 0 aliphatic heterocycles. The number of allylic oxidation sites excluding steroid dienone is 2.